The Bertz CT molecular complexity index is 498. The summed E-state index contributed by atoms with van der Waals surface area (Å²) < 4.78 is 0. The Labute approximate surface area is 160 Å². The van der Waals surface area contributed by atoms with Gasteiger partial charge in [-0.2, -0.15) is 11.8 Å². The minimum Gasteiger partial charge on any atom is -0.481 e. The van der Waals surface area contributed by atoms with Gasteiger partial charge >= 0.3 is 12.0 Å². The molecule has 2 saturated carbocycles. The summed E-state index contributed by atoms with van der Waals surface area (Å²) in [4.78, 5) is 24.6. The van der Waals surface area contributed by atoms with Crippen LogP contribution < -0.4 is 5.32 Å². The van der Waals surface area contributed by atoms with Crippen molar-refractivity contribution in [1.82, 2.24) is 10.2 Å². The molecule has 6 nitrogen and oxygen atoms in total. The van der Waals surface area contributed by atoms with Gasteiger partial charge in [0.25, 0.3) is 0 Å². The van der Waals surface area contributed by atoms with Gasteiger partial charge < -0.3 is 15.5 Å². The molecule has 1 heterocycles. The number of carboxylic acid groups (broad SMARTS) is 1. The summed E-state index contributed by atoms with van der Waals surface area (Å²) in [7, 11) is 0. The minimum absolute atomic E-state index is 0.0841. The van der Waals surface area contributed by atoms with Crippen LogP contribution >= 0.6 is 11.8 Å². The Kier molecular flexibility index (Phi) is 7.09. The molecule has 0 radical (unpaired) electrons. The molecule has 7 heteroatoms. The normalized spacial score (nSPS) is 30.3. The van der Waals surface area contributed by atoms with E-state index in [9.17, 15) is 14.7 Å². The molecular formula is C19H32N2O4S. The van der Waals surface area contributed by atoms with Crippen LogP contribution in [0.25, 0.3) is 0 Å². The smallest absolute Gasteiger partial charge is 0.320 e. The van der Waals surface area contributed by atoms with Crippen molar-refractivity contribution in [2.24, 2.45) is 5.92 Å². The minimum atomic E-state index is -0.742. The molecule has 2 amide bonds. The molecule has 4 atom stereocenters. The summed E-state index contributed by atoms with van der Waals surface area (Å²) >= 11 is 1.81. The first kappa shape index (κ1) is 19.8. The van der Waals surface area contributed by atoms with Crippen LogP contribution in [0.15, 0.2) is 0 Å². The number of urea groups is 1. The highest BCUT2D eigenvalue weighted by atomic mass is 32.2. The van der Waals surface area contributed by atoms with E-state index in [1.54, 1.807) is 4.90 Å². The summed E-state index contributed by atoms with van der Waals surface area (Å²) in [5.74, 6) is 0.809. The van der Waals surface area contributed by atoms with Gasteiger partial charge in [0.15, 0.2) is 0 Å². The lowest BCUT2D eigenvalue weighted by atomic mass is 9.86. The van der Waals surface area contributed by atoms with Gasteiger partial charge in [0.05, 0.1) is 12.1 Å². The Morgan fingerprint density at radius 2 is 2.04 bits per heavy atom. The number of nitrogens with zero attached hydrogens (tertiary/aromatic N) is 1. The van der Waals surface area contributed by atoms with Gasteiger partial charge in [-0.15, -0.1) is 0 Å². The zero-order chi connectivity index (χ0) is 18.5. The third-order valence-electron chi connectivity index (χ3n) is 6.15. The van der Waals surface area contributed by atoms with Crippen LogP contribution in [0.1, 0.15) is 70.6 Å². The molecule has 3 fully saturated rings. The zero-order valence-electron chi connectivity index (χ0n) is 15.4. The molecule has 148 valence electrons. The molecule has 2 aliphatic carbocycles. The average Bonchev–Trinajstić information content (AvgIpc) is 3.13. The van der Waals surface area contributed by atoms with E-state index >= 15 is 0 Å². The number of fused-ring (bicyclic) bond motifs is 1. The van der Waals surface area contributed by atoms with E-state index in [4.69, 9.17) is 5.11 Å². The number of hydrogen-bond acceptors (Lipinski definition) is 4. The Morgan fingerprint density at radius 1 is 1.27 bits per heavy atom. The number of carboxylic acids is 1. The monoisotopic (exact) mass is 384 g/mol. The van der Waals surface area contributed by atoms with Crippen molar-refractivity contribution in [2.45, 2.75) is 94.2 Å². The van der Waals surface area contributed by atoms with E-state index in [-0.39, 0.29) is 24.5 Å². The van der Waals surface area contributed by atoms with Crippen LogP contribution in [-0.2, 0) is 4.79 Å². The number of nitrogens with one attached hydrogen (secondary N) is 1. The van der Waals surface area contributed by atoms with Crippen molar-refractivity contribution < 1.29 is 19.8 Å². The first-order valence-electron chi connectivity index (χ1n) is 10.1. The first-order valence-corrected chi connectivity index (χ1v) is 11.2. The summed E-state index contributed by atoms with van der Waals surface area (Å²) in [5, 5.41) is 22.8. The number of hydrogen-bond donors (Lipinski definition) is 3. The molecule has 3 N–H and O–H groups in total. The summed E-state index contributed by atoms with van der Waals surface area (Å²) in [6.45, 7) is 0. The highest BCUT2D eigenvalue weighted by molar-refractivity contribution is 7.99. The quantitative estimate of drug-likeness (QED) is 0.531. The predicted octanol–water partition coefficient (Wildman–Crippen LogP) is 3.19. The Hall–Kier alpha value is -0.950. The topological polar surface area (TPSA) is 89.9 Å². The van der Waals surface area contributed by atoms with Crippen molar-refractivity contribution in [3.8, 4) is 0 Å². The molecule has 0 aromatic heterocycles. The van der Waals surface area contributed by atoms with Crippen LogP contribution in [0.3, 0.4) is 0 Å². The molecule has 0 spiro atoms. The number of amides is 2. The Morgan fingerprint density at radius 3 is 2.77 bits per heavy atom. The van der Waals surface area contributed by atoms with E-state index < -0.39 is 12.2 Å². The molecule has 1 saturated heterocycles. The standard InChI is InChI=1S/C19H32N2O4S/c22-17(9-8-13-5-2-1-3-6-13)21-16-12-14(11-15(16)20-19(21)25)26-10-4-7-18(23)24/h13-17,22H,1-12H2,(H,20,25)(H,23,24)/t14-,15?,16?,17?/m0/s1. The second-order valence-corrected chi connectivity index (χ2v) is 9.46. The van der Waals surface area contributed by atoms with Gasteiger partial charge in [0.2, 0.25) is 0 Å². The van der Waals surface area contributed by atoms with E-state index in [0.29, 0.717) is 24.0 Å². The molecule has 26 heavy (non-hydrogen) atoms. The van der Waals surface area contributed by atoms with Gasteiger partial charge in [-0.3, -0.25) is 9.69 Å². The summed E-state index contributed by atoms with van der Waals surface area (Å²) in [6, 6.07) is 0.0927. The molecular weight excluding hydrogens is 352 g/mol. The van der Waals surface area contributed by atoms with Crippen molar-refractivity contribution in [3.05, 3.63) is 0 Å². The van der Waals surface area contributed by atoms with Crippen LogP contribution in [0.2, 0.25) is 0 Å². The first-order chi connectivity index (χ1) is 12.5. The Balaban J connectivity index is 1.44. The van der Waals surface area contributed by atoms with Crippen molar-refractivity contribution in [2.75, 3.05) is 5.75 Å². The number of aliphatic hydroxyl groups excluding tert-OH is 1. The second-order valence-electron chi connectivity index (χ2n) is 8.05. The zero-order valence-corrected chi connectivity index (χ0v) is 16.3. The lowest BCUT2D eigenvalue weighted by molar-refractivity contribution is -0.137. The van der Waals surface area contributed by atoms with E-state index in [1.807, 2.05) is 11.8 Å². The molecule has 3 unspecified atom stereocenters. The SMILES string of the molecule is O=C(O)CCCS[C@H]1CC2NC(=O)N(C(O)CCC3CCCCC3)C2C1. The number of aliphatic carboxylic acids is 1. The number of rotatable bonds is 9. The maximum Gasteiger partial charge on any atom is 0.320 e. The molecule has 0 aromatic carbocycles. The molecule has 3 aliphatic rings. The fourth-order valence-corrected chi connectivity index (χ4v) is 6.10. The van der Waals surface area contributed by atoms with Crippen molar-refractivity contribution in [3.63, 3.8) is 0 Å². The van der Waals surface area contributed by atoms with E-state index in [0.717, 1.165) is 25.0 Å². The molecule has 0 bridgehead atoms. The predicted molar refractivity (Wildman–Crippen MR) is 102 cm³/mol. The van der Waals surface area contributed by atoms with Crippen molar-refractivity contribution >= 4 is 23.8 Å². The van der Waals surface area contributed by atoms with E-state index in [2.05, 4.69) is 5.32 Å². The van der Waals surface area contributed by atoms with Gasteiger partial charge in [-0.25, -0.2) is 4.79 Å². The largest absolute Gasteiger partial charge is 0.481 e. The maximum atomic E-state index is 12.3. The van der Waals surface area contributed by atoms with Crippen LogP contribution in [-0.4, -0.2) is 56.4 Å². The number of thioether (sulfide) groups is 1. The van der Waals surface area contributed by atoms with Gasteiger partial charge in [0, 0.05) is 11.7 Å². The fraction of sp³-hybridized carbons (Fsp3) is 0.895. The third kappa shape index (κ3) is 5.06. The fourth-order valence-electron chi connectivity index (χ4n) is 4.78. The van der Waals surface area contributed by atoms with Crippen LogP contribution in [0.4, 0.5) is 4.79 Å². The lowest BCUT2D eigenvalue weighted by Crippen LogP contribution is -2.43. The van der Waals surface area contributed by atoms with Crippen LogP contribution in [0, 0.1) is 5.92 Å². The van der Waals surface area contributed by atoms with Gasteiger partial charge in [-0.05, 0) is 43.8 Å². The number of carbonyl (C=O) groups excluding carboxylic acids is 1. The maximum absolute atomic E-state index is 12.3. The second kappa shape index (κ2) is 9.31. The summed E-state index contributed by atoms with van der Waals surface area (Å²) in [6.07, 6.45) is 10.2. The summed E-state index contributed by atoms with van der Waals surface area (Å²) in [5.41, 5.74) is 0. The molecule has 3 rings (SSSR count). The van der Waals surface area contributed by atoms with E-state index in [1.165, 1.54) is 32.1 Å². The van der Waals surface area contributed by atoms with Crippen LogP contribution in [0.5, 0.6) is 0 Å². The average molecular weight is 385 g/mol. The third-order valence-corrected chi connectivity index (χ3v) is 7.53. The van der Waals surface area contributed by atoms with Gasteiger partial charge in [-0.1, -0.05) is 32.1 Å². The molecule has 0 aromatic rings. The number of carbonyl (C=O) groups is 2. The van der Waals surface area contributed by atoms with Gasteiger partial charge in [0.1, 0.15) is 6.23 Å². The number of aliphatic hydroxyl groups is 1. The highest BCUT2D eigenvalue weighted by Gasteiger charge is 2.48. The lowest BCUT2D eigenvalue weighted by Gasteiger charge is -2.30. The van der Waals surface area contributed by atoms with Crippen molar-refractivity contribution in [1.29, 1.82) is 0 Å². The molecule has 1 aliphatic heterocycles. The highest BCUT2D eigenvalue weighted by Crippen LogP contribution is 2.38.